The summed E-state index contributed by atoms with van der Waals surface area (Å²) in [6.07, 6.45) is 0. The fourth-order valence-corrected chi connectivity index (χ4v) is 1.09. The maximum atomic E-state index is 5.43. The first-order chi connectivity index (χ1) is 7.91. The summed E-state index contributed by atoms with van der Waals surface area (Å²) in [7, 11) is 0. The van der Waals surface area contributed by atoms with Crippen LogP contribution in [0.2, 0.25) is 0 Å². The van der Waals surface area contributed by atoms with Crippen molar-refractivity contribution in [1.29, 1.82) is 0 Å². The molecule has 16 heavy (non-hydrogen) atoms. The third-order valence-electron chi connectivity index (χ3n) is 1.56. The van der Waals surface area contributed by atoms with Crippen molar-refractivity contribution in [3.63, 3.8) is 0 Å². The number of halogens is 2. The van der Waals surface area contributed by atoms with Gasteiger partial charge in [-0.1, -0.05) is 0 Å². The van der Waals surface area contributed by atoms with Crippen molar-refractivity contribution in [2.45, 2.75) is 0 Å². The highest BCUT2D eigenvalue weighted by atomic mass is 35.5. The molecule has 4 nitrogen and oxygen atoms in total. The average molecular weight is 275 g/mol. The van der Waals surface area contributed by atoms with Crippen LogP contribution in [0.3, 0.4) is 0 Å². The first-order valence-corrected chi connectivity index (χ1v) is 6.41. The molecule has 0 fully saturated rings. The molecule has 0 bridgehead atoms. The van der Waals surface area contributed by atoms with Gasteiger partial charge in [0.2, 0.25) is 0 Å². The van der Waals surface area contributed by atoms with E-state index in [1.807, 2.05) is 0 Å². The fraction of sp³-hybridized carbons (Fsp3) is 1.00. The molecule has 0 amide bonds. The normalized spacial score (nSPS) is 10.9. The minimum Gasteiger partial charge on any atom is -0.378 e. The summed E-state index contributed by atoms with van der Waals surface area (Å²) >= 11 is 10.9. The Kier molecular flexibility index (Phi) is 15.8. The molecule has 0 saturated heterocycles. The lowest BCUT2D eigenvalue weighted by molar-refractivity contribution is 0.00132. The number of alkyl halides is 2. The van der Waals surface area contributed by atoms with Crippen LogP contribution in [-0.2, 0) is 18.9 Å². The Morgan fingerprint density at radius 1 is 0.438 bits per heavy atom. The van der Waals surface area contributed by atoms with Crippen LogP contribution in [0.5, 0.6) is 0 Å². The van der Waals surface area contributed by atoms with E-state index in [9.17, 15) is 0 Å². The maximum Gasteiger partial charge on any atom is 0.0701 e. The molecule has 0 aromatic carbocycles. The van der Waals surface area contributed by atoms with E-state index in [2.05, 4.69) is 0 Å². The molecule has 0 unspecified atom stereocenters. The highest BCUT2D eigenvalue weighted by Crippen LogP contribution is 1.84. The molecular formula is C10H20Cl2O4. The van der Waals surface area contributed by atoms with Gasteiger partial charge in [-0.25, -0.2) is 0 Å². The lowest BCUT2D eigenvalue weighted by Gasteiger charge is -2.06. The van der Waals surface area contributed by atoms with Gasteiger partial charge in [0.15, 0.2) is 0 Å². The minimum absolute atomic E-state index is 0.519. The van der Waals surface area contributed by atoms with Crippen LogP contribution >= 0.6 is 23.2 Å². The first kappa shape index (κ1) is 16.4. The monoisotopic (exact) mass is 274 g/mol. The van der Waals surface area contributed by atoms with E-state index in [0.717, 1.165) is 0 Å². The summed E-state index contributed by atoms with van der Waals surface area (Å²) in [5.74, 6) is 1.04. The average Bonchev–Trinajstić information content (AvgIpc) is 2.31. The topological polar surface area (TPSA) is 36.9 Å². The Hall–Kier alpha value is 0.420. The zero-order valence-electron chi connectivity index (χ0n) is 9.46. The molecule has 0 rings (SSSR count). The lowest BCUT2D eigenvalue weighted by Crippen LogP contribution is -2.12. The van der Waals surface area contributed by atoms with Gasteiger partial charge in [-0.3, -0.25) is 0 Å². The maximum absolute atomic E-state index is 5.43. The van der Waals surface area contributed by atoms with Crippen molar-refractivity contribution in [3.05, 3.63) is 0 Å². The van der Waals surface area contributed by atoms with Crippen molar-refractivity contribution in [3.8, 4) is 0 Å². The first-order valence-electron chi connectivity index (χ1n) is 5.34. The molecule has 0 atom stereocenters. The van der Waals surface area contributed by atoms with Crippen LogP contribution in [0.4, 0.5) is 0 Å². The van der Waals surface area contributed by atoms with Crippen LogP contribution in [-0.4, -0.2) is 64.6 Å². The van der Waals surface area contributed by atoms with Gasteiger partial charge in [0.1, 0.15) is 0 Å². The molecular weight excluding hydrogens is 255 g/mol. The van der Waals surface area contributed by atoms with Gasteiger partial charge in [-0.15, -0.1) is 23.2 Å². The summed E-state index contributed by atoms with van der Waals surface area (Å²) in [4.78, 5) is 0. The smallest absolute Gasteiger partial charge is 0.0701 e. The Balaban J connectivity index is 2.83. The van der Waals surface area contributed by atoms with E-state index in [-0.39, 0.29) is 0 Å². The Bertz CT molecular complexity index is 113. The number of rotatable bonds is 13. The molecule has 6 heteroatoms. The van der Waals surface area contributed by atoms with E-state index in [0.29, 0.717) is 64.6 Å². The Morgan fingerprint density at radius 3 is 0.938 bits per heavy atom. The second-order valence-electron chi connectivity index (χ2n) is 2.83. The summed E-state index contributed by atoms with van der Waals surface area (Å²) in [5, 5.41) is 0. The summed E-state index contributed by atoms with van der Waals surface area (Å²) < 4.78 is 20.8. The molecule has 0 aromatic rings. The zero-order valence-corrected chi connectivity index (χ0v) is 11.0. The molecule has 0 spiro atoms. The summed E-state index contributed by atoms with van der Waals surface area (Å²) in [6, 6.07) is 0. The highest BCUT2D eigenvalue weighted by Gasteiger charge is 1.91. The van der Waals surface area contributed by atoms with Crippen molar-refractivity contribution < 1.29 is 18.9 Å². The van der Waals surface area contributed by atoms with Gasteiger partial charge in [-0.05, 0) is 0 Å². The number of ether oxygens (including phenoxy) is 4. The van der Waals surface area contributed by atoms with Crippen molar-refractivity contribution in [1.82, 2.24) is 0 Å². The Labute approximate surface area is 107 Å². The standard InChI is InChI=1S/C10H20Cl2O4/c11-1-3-13-5-7-15-9-10-16-8-6-14-4-2-12/h1-10H2. The van der Waals surface area contributed by atoms with Gasteiger partial charge >= 0.3 is 0 Å². The van der Waals surface area contributed by atoms with Crippen LogP contribution in [0, 0.1) is 0 Å². The summed E-state index contributed by atoms with van der Waals surface area (Å²) in [5.41, 5.74) is 0. The lowest BCUT2D eigenvalue weighted by atomic mass is 10.7. The van der Waals surface area contributed by atoms with Crippen molar-refractivity contribution in [2.24, 2.45) is 0 Å². The second-order valence-corrected chi connectivity index (χ2v) is 3.58. The van der Waals surface area contributed by atoms with E-state index in [1.54, 1.807) is 0 Å². The van der Waals surface area contributed by atoms with Gasteiger partial charge < -0.3 is 18.9 Å². The second kappa shape index (κ2) is 15.4. The zero-order chi connectivity index (χ0) is 11.9. The van der Waals surface area contributed by atoms with Crippen LogP contribution in [0.25, 0.3) is 0 Å². The molecule has 0 aromatic heterocycles. The highest BCUT2D eigenvalue weighted by molar-refractivity contribution is 6.18. The third kappa shape index (κ3) is 14.4. The van der Waals surface area contributed by atoms with Crippen LogP contribution in [0.1, 0.15) is 0 Å². The van der Waals surface area contributed by atoms with Crippen molar-refractivity contribution >= 4 is 23.2 Å². The van der Waals surface area contributed by atoms with Gasteiger partial charge in [0.25, 0.3) is 0 Å². The molecule has 0 N–H and O–H groups in total. The predicted molar refractivity (Wildman–Crippen MR) is 64.7 cm³/mol. The fourth-order valence-electron chi connectivity index (χ4n) is 0.871. The van der Waals surface area contributed by atoms with Gasteiger partial charge in [-0.2, -0.15) is 0 Å². The van der Waals surface area contributed by atoms with E-state index in [4.69, 9.17) is 42.1 Å². The number of hydrogen-bond acceptors (Lipinski definition) is 4. The molecule has 0 aliphatic heterocycles. The number of hydrogen-bond donors (Lipinski definition) is 0. The predicted octanol–water partition coefficient (Wildman–Crippen LogP) is 1.53. The molecule has 98 valence electrons. The van der Waals surface area contributed by atoms with Crippen LogP contribution < -0.4 is 0 Å². The van der Waals surface area contributed by atoms with Crippen LogP contribution in [0.15, 0.2) is 0 Å². The molecule has 0 heterocycles. The molecule has 0 radical (unpaired) electrons. The van der Waals surface area contributed by atoms with E-state index >= 15 is 0 Å². The van der Waals surface area contributed by atoms with E-state index in [1.165, 1.54) is 0 Å². The SMILES string of the molecule is ClCCOCCOCCOCCOCCCl. The van der Waals surface area contributed by atoms with Crippen molar-refractivity contribution in [2.75, 3.05) is 64.6 Å². The van der Waals surface area contributed by atoms with Gasteiger partial charge in [0.05, 0.1) is 52.9 Å². The molecule has 0 aliphatic rings. The quantitative estimate of drug-likeness (QED) is 0.377. The summed E-state index contributed by atoms with van der Waals surface area (Å²) in [6.45, 7) is 4.57. The third-order valence-corrected chi connectivity index (χ3v) is 1.87. The van der Waals surface area contributed by atoms with Gasteiger partial charge in [0, 0.05) is 11.8 Å². The largest absolute Gasteiger partial charge is 0.378 e. The van der Waals surface area contributed by atoms with E-state index < -0.39 is 0 Å². The minimum atomic E-state index is 0.519. The Morgan fingerprint density at radius 2 is 0.688 bits per heavy atom. The molecule has 0 saturated carbocycles. The molecule has 0 aliphatic carbocycles.